The average molecular weight is 306 g/mol. The van der Waals surface area contributed by atoms with Gasteiger partial charge < -0.3 is 14.6 Å². The Balaban J connectivity index is 1.51. The van der Waals surface area contributed by atoms with Gasteiger partial charge in [0.2, 0.25) is 0 Å². The van der Waals surface area contributed by atoms with Crippen LogP contribution >= 0.6 is 11.7 Å². The van der Waals surface area contributed by atoms with Crippen LogP contribution in [-0.2, 0) is 0 Å². The number of aromatic nitrogens is 2. The molecule has 0 radical (unpaired) electrons. The predicted octanol–water partition coefficient (Wildman–Crippen LogP) is 1.17. The van der Waals surface area contributed by atoms with Crippen LogP contribution in [0.15, 0.2) is 29.0 Å². The number of nitrogens with one attached hydrogen (secondary N) is 1. The molecule has 110 valence electrons. The molecule has 3 heterocycles. The van der Waals surface area contributed by atoms with Gasteiger partial charge in [0.25, 0.3) is 11.8 Å². The van der Waals surface area contributed by atoms with Crippen LogP contribution in [0.4, 0.5) is 0 Å². The van der Waals surface area contributed by atoms with Crippen molar-refractivity contribution in [2.45, 2.75) is 18.9 Å². The normalized spacial score (nSPS) is 15.9. The largest absolute Gasteiger partial charge is 0.459 e. The molecule has 0 bridgehead atoms. The van der Waals surface area contributed by atoms with Crippen LogP contribution in [0.2, 0.25) is 0 Å². The molecule has 21 heavy (non-hydrogen) atoms. The lowest BCUT2D eigenvalue weighted by Gasteiger charge is -2.31. The molecule has 0 atom stereocenters. The Hall–Kier alpha value is -2.22. The van der Waals surface area contributed by atoms with Gasteiger partial charge in [0.05, 0.1) is 24.2 Å². The third-order valence-electron chi connectivity index (χ3n) is 3.44. The predicted molar refractivity (Wildman–Crippen MR) is 75.0 cm³/mol. The Morgan fingerprint density at radius 3 is 2.81 bits per heavy atom. The van der Waals surface area contributed by atoms with Crippen LogP contribution < -0.4 is 5.32 Å². The average Bonchev–Trinajstić information content (AvgIpc) is 3.20. The number of furan rings is 1. The fraction of sp³-hybridized carbons (Fsp3) is 0.385. The lowest BCUT2D eigenvalue weighted by atomic mass is 10.0. The van der Waals surface area contributed by atoms with E-state index in [0.717, 1.165) is 24.6 Å². The summed E-state index contributed by atoms with van der Waals surface area (Å²) in [5.74, 6) is 0.0408. The van der Waals surface area contributed by atoms with Crippen molar-refractivity contribution < 1.29 is 14.0 Å². The molecule has 0 spiro atoms. The maximum absolute atomic E-state index is 12.1. The number of likely N-dealkylation sites (tertiary alicyclic amines) is 1. The number of amides is 2. The highest BCUT2D eigenvalue weighted by Crippen LogP contribution is 2.14. The van der Waals surface area contributed by atoms with Gasteiger partial charge in [-0.2, -0.15) is 8.75 Å². The van der Waals surface area contributed by atoms with Crippen LogP contribution in [0.25, 0.3) is 0 Å². The molecule has 7 nitrogen and oxygen atoms in total. The summed E-state index contributed by atoms with van der Waals surface area (Å²) in [5.41, 5.74) is 0.342. The lowest BCUT2D eigenvalue weighted by Crippen LogP contribution is -2.46. The summed E-state index contributed by atoms with van der Waals surface area (Å²) in [6.45, 7) is 1.19. The molecule has 8 heteroatoms. The number of nitrogens with zero attached hydrogens (tertiary/aromatic N) is 3. The molecule has 1 saturated heterocycles. The van der Waals surface area contributed by atoms with E-state index in [1.807, 2.05) is 0 Å². The third-order valence-corrected chi connectivity index (χ3v) is 3.92. The van der Waals surface area contributed by atoms with Crippen LogP contribution in [0.1, 0.15) is 33.9 Å². The van der Waals surface area contributed by atoms with E-state index in [4.69, 9.17) is 4.42 Å². The summed E-state index contributed by atoms with van der Waals surface area (Å²) < 4.78 is 12.8. The number of hydrogen-bond donors (Lipinski definition) is 1. The van der Waals surface area contributed by atoms with Gasteiger partial charge in [-0.1, -0.05) is 0 Å². The van der Waals surface area contributed by atoms with Crippen molar-refractivity contribution in [3.8, 4) is 0 Å². The summed E-state index contributed by atoms with van der Waals surface area (Å²) in [6, 6.07) is 3.41. The van der Waals surface area contributed by atoms with Crippen molar-refractivity contribution in [1.29, 1.82) is 0 Å². The SMILES string of the molecule is O=C(NC1CCN(C(=O)c2ccco2)CC1)c1cnsn1. The highest BCUT2D eigenvalue weighted by Gasteiger charge is 2.26. The Kier molecular flexibility index (Phi) is 3.96. The second-order valence-corrected chi connectivity index (χ2v) is 5.37. The zero-order chi connectivity index (χ0) is 14.7. The minimum absolute atomic E-state index is 0.0554. The van der Waals surface area contributed by atoms with Crippen LogP contribution in [-0.4, -0.2) is 44.6 Å². The fourth-order valence-electron chi connectivity index (χ4n) is 2.31. The van der Waals surface area contributed by atoms with Crippen molar-refractivity contribution in [3.63, 3.8) is 0 Å². The molecule has 2 aromatic heterocycles. The molecular formula is C13H14N4O3S. The Morgan fingerprint density at radius 1 is 1.38 bits per heavy atom. The van der Waals surface area contributed by atoms with Crippen LogP contribution in [0.3, 0.4) is 0 Å². The van der Waals surface area contributed by atoms with E-state index in [9.17, 15) is 9.59 Å². The van der Waals surface area contributed by atoms with E-state index in [2.05, 4.69) is 14.1 Å². The van der Waals surface area contributed by atoms with Gasteiger partial charge in [0.1, 0.15) is 0 Å². The monoisotopic (exact) mass is 306 g/mol. The van der Waals surface area contributed by atoms with Crippen LogP contribution in [0, 0.1) is 0 Å². The molecule has 0 aromatic carbocycles. The van der Waals surface area contributed by atoms with E-state index < -0.39 is 0 Å². The molecule has 0 saturated carbocycles. The molecule has 2 amide bonds. The second kappa shape index (κ2) is 6.04. The van der Waals surface area contributed by atoms with Crippen molar-refractivity contribution in [2.75, 3.05) is 13.1 Å². The van der Waals surface area contributed by atoms with Gasteiger partial charge in [-0.15, -0.1) is 0 Å². The fourth-order valence-corrected chi connectivity index (χ4v) is 2.72. The molecule has 1 N–H and O–H groups in total. The second-order valence-electron chi connectivity index (χ2n) is 4.81. The molecule has 0 aliphatic carbocycles. The van der Waals surface area contributed by atoms with E-state index >= 15 is 0 Å². The lowest BCUT2D eigenvalue weighted by molar-refractivity contribution is 0.0667. The van der Waals surface area contributed by atoms with Gasteiger partial charge in [0, 0.05) is 19.1 Å². The number of piperidine rings is 1. The van der Waals surface area contributed by atoms with Crippen LogP contribution in [0.5, 0.6) is 0 Å². The van der Waals surface area contributed by atoms with E-state index in [-0.39, 0.29) is 17.9 Å². The Labute approximate surface area is 125 Å². The van der Waals surface area contributed by atoms with Crippen molar-refractivity contribution >= 4 is 23.5 Å². The Morgan fingerprint density at radius 2 is 2.19 bits per heavy atom. The third kappa shape index (κ3) is 3.10. The highest BCUT2D eigenvalue weighted by molar-refractivity contribution is 6.99. The first kappa shape index (κ1) is 13.7. The van der Waals surface area contributed by atoms with Crippen molar-refractivity contribution in [3.05, 3.63) is 36.0 Å². The summed E-state index contributed by atoms with van der Waals surface area (Å²) in [4.78, 5) is 25.7. The summed E-state index contributed by atoms with van der Waals surface area (Å²) in [5, 5.41) is 2.92. The standard InChI is InChI=1S/C13H14N4O3S/c18-12(10-8-14-21-16-10)15-9-3-5-17(6-4-9)13(19)11-2-1-7-20-11/h1-2,7-9H,3-6H2,(H,15,18). The number of hydrogen-bond acceptors (Lipinski definition) is 6. The smallest absolute Gasteiger partial charge is 0.289 e. The van der Waals surface area contributed by atoms with Gasteiger partial charge in [-0.05, 0) is 25.0 Å². The highest BCUT2D eigenvalue weighted by atomic mass is 32.1. The van der Waals surface area contributed by atoms with E-state index in [1.165, 1.54) is 12.5 Å². The zero-order valence-corrected chi connectivity index (χ0v) is 12.0. The maximum atomic E-state index is 12.1. The number of rotatable bonds is 3. The van der Waals surface area contributed by atoms with Gasteiger partial charge in [-0.25, -0.2) is 0 Å². The number of carbonyl (C=O) groups is 2. The molecule has 0 unspecified atom stereocenters. The first-order chi connectivity index (χ1) is 10.2. The first-order valence-electron chi connectivity index (χ1n) is 6.65. The zero-order valence-electron chi connectivity index (χ0n) is 11.2. The topological polar surface area (TPSA) is 88.3 Å². The summed E-state index contributed by atoms with van der Waals surface area (Å²) in [6.07, 6.45) is 4.38. The molecule has 1 aliphatic heterocycles. The first-order valence-corrected chi connectivity index (χ1v) is 7.38. The molecular weight excluding hydrogens is 292 g/mol. The Bertz CT molecular complexity index is 603. The number of carbonyl (C=O) groups excluding carboxylic acids is 2. The minimum Gasteiger partial charge on any atom is -0.459 e. The van der Waals surface area contributed by atoms with Gasteiger partial charge in [0.15, 0.2) is 11.5 Å². The molecule has 1 fully saturated rings. The van der Waals surface area contributed by atoms with E-state index in [0.29, 0.717) is 24.5 Å². The summed E-state index contributed by atoms with van der Waals surface area (Å²) in [7, 11) is 0. The van der Waals surface area contributed by atoms with Crippen molar-refractivity contribution in [1.82, 2.24) is 19.0 Å². The van der Waals surface area contributed by atoms with Gasteiger partial charge in [-0.3, -0.25) is 9.59 Å². The molecule has 2 aromatic rings. The van der Waals surface area contributed by atoms with E-state index in [1.54, 1.807) is 17.0 Å². The maximum Gasteiger partial charge on any atom is 0.289 e. The van der Waals surface area contributed by atoms with Crippen molar-refractivity contribution in [2.24, 2.45) is 0 Å². The van der Waals surface area contributed by atoms with Gasteiger partial charge >= 0.3 is 0 Å². The molecule has 3 rings (SSSR count). The quantitative estimate of drug-likeness (QED) is 0.919. The minimum atomic E-state index is -0.209. The summed E-state index contributed by atoms with van der Waals surface area (Å²) >= 11 is 1.01. The molecule has 1 aliphatic rings.